The van der Waals surface area contributed by atoms with Gasteiger partial charge in [0.1, 0.15) is 5.82 Å². The molecule has 1 saturated heterocycles. The quantitative estimate of drug-likeness (QED) is 0.911. The number of rotatable bonds is 4. The Kier molecular flexibility index (Phi) is 5.41. The molecule has 0 radical (unpaired) electrons. The van der Waals surface area contributed by atoms with Gasteiger partial charge in [0.2, 0.25) is 15.9 Å². The number of benzene rings is 1. The number of piperidine rings is 1. The van der Waals surface area contributed by atoms with E-state index < -0.39 is 15.8 Å². The lowest BCUT2D eigenvalue weighted by molar-refractivity contribution is -0.126. The molecule has 1 aromatic carbocycles. The van der Waals surface area contributed by atoms with Gasteiger partial charge in [-0.2, -0.15) is 4.31 Å². The summed E-state index contributed by atoms with van der Waals surface area (Å²) in [6.07, 6.45) is 0.996. The summed E-state index contributed by atoms with van der Waals surface area (Å²) in [6, 6.07) is 3.88. The van der Waals surface area contributed by atoms with Crippen molar-refractivity contribution in [2.75, 3.05) is 13.1 Å². The maximum Gasteiger partial charge on any atom is 0.243 e. The first kappa shape index (κ1) is 17.9. The second-order valence-corrected chi connectivity index (χ2v) is 8.19. The van der Waals surface area contributed by atoms with E-state index in [9.17, 15) is 17.6 Å². The monoisotopic (exact) mass is 342 g/mol. The predicted octanol–water partition coefficient (Wildman–Crippen LogP) is 2.06. The molecule has 7 heteroatoms. The zero-order valence-electron chi connectivity index (χ0n) is 13.7. The Morgan fingerprint density at radius 1 is 1.30 bits per heavy atom. The van der Waals surface area contributed by atoms with Gasteiger partial charge in [0.25, 0.3) is 0 Å². The van der Waals surface area contributed by atoms with Crippen molar-refractivity contribution in [1.29, 1.82) is 0 Å². The lowest BCUT2D eigenvalue weighted by atomic mass is 9.97. The molecule has 2 rings (SSSR count). The van der Waals surface area contributed by atoms with Gasteiger partial charge in [0.05, 0.1) is 4.90 Å². The van der Waals surface area contributed by atoms with Crippen LogP contribution in [0.25, 0.3) is 0 Å². The minimum atomic E-state index is -3.64. The Hall–Kier alpha value is -1.47. The normalized spacial score (nSPS) is 17.4. The van der Waals surface area contributed by atoms with Crippen LogP contribution in [-0.2, 0) is 14.8 Å². The molecule has 0 spiro atoms. The van der Waals surface area contributed by atoms with Crippen LogP contribution in [0.2, 0.25) is 0 Å². The van der Waals surface area contributed by atoms with Crippen molar-refractivity contribution in [3.63, 3.8) is 0 Å². The lowest BCUT2D eigenvalue weighted by Crippen LogP contribution is -2.44. The van der Waals surface area contributed by atoms with E-state index in [0.29, 0.717) is 31.5 Å². The van der Waals surface area contributed by atoms with Crippen molar-refractivity contribution in [2.24, 2.45) is 5.92 Å². The van der Waals surface area contributed by atoms with Crippen LogP contribution >= 0.6 is 0 Å². The predicted molar refractivity (Wildman–Crippen MR) is 85.9 cm³/mol. The van der Waals surface area contributed by atoms with Crippen LogP contribution in [0.3, 0.4) is 0 Å². The molecule has 1 amide bonds. The van der Waals surface area contributed by atoms with Crippen molar-refractivity contribution in [3.8, 4) is 0 Å². The van der Waals surface area contributed by atoms with Gasteiger partial charge < -0.3 is 5.32 Å². The third-order valence-corrected chi connectivity index (χ3v) is 5.92. The van der Waals surface area contributed by atoms with Crippen LogP contribution in [0.1, 0.15) is 32.3 Å². The van der Waals surface area contributed by atoms with E-state index >= 15 is 0 Å². The number of nitrogens with one attached hydrogen (secondary N) is 1. The first-order valence-corrected chi connectivity index (χ1v) is 9.22. The number of nitrogens with zero attached hydrogens (tertiary/aromatic N) is 1. The van der Waals surface area contributed by atoms with E-state index in [2.05, 4.69) is 5.32 Å². The summed E-state index contributed by atoms with van der Waals surface area (Å²) in [5.41, 5.74) is 0.303. The first-order chi connectivity index (χ1) is 10.7. The van der Waals surface area contributed by atoms with Crippen LogP contribution in [0, 0.1) is 18.7 Å². The minimum absolute atomic E-state index is 0.0188. The second-order valence-electron chi connectivity index (χ2n) is 6.25. The number of amides is 1. The van der Waals surface area contributed by atoms with Gasteiger partial charge in [0, 0.05) is 25.0 Å². The highest BCUT2D eigenvalue weighted by Gasteiger charge is 2.32. The lowest BCUT2D eigenvalue weighted by Gasteiger charge is -2.31. The molecule has 0 atom stereocenters. The summed E-state index contributed by atoms with van der Waals surface area (Å²) in [5, 5.41) is 2.86. The van der Waals surface area contributed by atoms with Crippen LogP contribution in [0.15, 0.2) is 23.1 Å². The van der Waals surface area contributed by atoms with Gasteiger partial charge in [-0.1, -0.05) is 0 Å². The highest BCUT2D eigenvalue weighted by molar-refractivity contribution is 7.89. The Balaban J connectivity index is 2.06. The summed E-state index contributed by atoms with van der Waals surface area (Å²) in [7, 11) is -3.64. The van der Waals surface area contributed by atoms with Crippen molar-refractivity contribution >= 4 is 15.9 Å². The average Bonchev–Trinajstić information content (AvgIpc) is 2.49. The summed E-state index contributed by atoms with van der Waals surface area (Å²) >= 11 is 0. The summed E-state index contributed by atoms with van der Waals surface area (Å²) in [6.45, 7) is 5.93. The summed E-state index contributed by atoms with van der Waals surface area (Å²) in [5.74, 6) is -0.596. The number of sulfonamides is 1. The van der Waals surface area contributed by atoms with Gasteiger partial charge in [-0.25, -0.2) is 12.8 Å². The zero-order chi connectivity index (χ0) is 17.2. The molecule has 1 aliphatic rings. The van der Waals surface area contributed by atoms with Gasteiger partial charge in [-0.3, -0.25) is 4.79 Å². The minimum Gasteiger partial charge on any atom is -0.354 e. The molecule has 1 fully saturated rings. The molecule has 5 nitrogen and oxygen atoms in total. The molecule has 128 valence electrons. The number of hydrogen-bond acceptors (Lipinski definition) is 3. The molecule has 1 aliphatic heterocycles. The van der Waals surface area contributed by atoms with E-state index in [4.69, 9.17) is 0 Å². The number of carbonyl (C=O) groups excluding carboxylic acids is 1. The summed E-state index contributed by atoms with van der Waals surface area (Å²) in [4.78, 5) is 12.1. The van der Waals surface area contributed by atoms with Crippen LogP contribution in [0.4, 0.5) is 4.39 Å². The largest absolute Gasteiger partial charge is 0.354 e. The third-order valence-electron chi connectivity index (χ3n) is 4.02. The molecular weight excluding hydrogens is 319 g/mol. The van der Waals surface area contributed by atoms with Gasteiger partial charge in [-0.15, -0.1) is 0 Å². The smallest absolute Gasteiger partial charge is 0.243 e. The van der Waals surface area contributed by atoms with Gasteiger partial charge in [-0.05, 0) is 57.4 Å². The highest BCUT2D eigenvalue weighted by atomic mass is 32.2. The fraction of sp³-hybridized carbons (Fsp3) is 0.562. The first-order valence-electron chi connectivity index (χ1n) is 7.78. The van der Waals surface area contributed by atoms with Crippen LogP contribution in [-0.4, -0.2) is 37.8 Å². The molecule has 23 heavy (non-hydrogen) atoms. The number of halogens is 1. The van der Waals surface area contributed by atoms with Crippen molar-refractivity contribution in [1.82, 2.24) is 9.62 Å². The van der Waals surface area contributed by atoms with Crippen molar-refractivity contribution in [3.05, 3.63) is 29.6 Å². The van der Waals surface area contributed by atoms with Crippen molar-refractivity contribution < 1.29 is 17.6 Å². The summed E-state index contributed by atoms with van der Waals surface area (Å²) < 4.78 is 39.9. The van der Waals surface area contributed by atoms with Gasteiger partial charge in [0.15, 0.2) is 0 Å². The topological polar surface area (TPSA) is 66.5 Å². The van der Waals surface area contributed by atoms with Gasteiger partial charge >= 0.3 is 0 Å². The number of hydrogen-bond donors (Lipinski definition) is 1. The molecule has 0 aliphatic carbocycles. The van der Waals surface area contributed by atoms with E-state index in [1.165, 1.54) is 29.4 Å². The standard InChI is InChI=1S/C16H23FN2O3S/c1-11(2)18-16(20)13-6-8-19(9-7-13)23(21,22)14-4-5-15(17)12(3)10-14/h4-5,10-11,13H,6-9H2,1-3H3,(H,18,20). The second kappa shape index (κ2) is 6.97. The number of carbonyl (C=O) groups is 1. The van der Waals surface area contributed by atoms with E-state index in [1.54, 1.807) is 0 Å². The fourth-order valence-corrected chi connectivity index (χ4v) is 4.24. The van der Waals surface area contributed by atoms with Crippen LogP contribution in [0.5, 0.6) is 0 Å². The van der Waals surface area contributed by atoms with Crippen LogP contribution < -0.4 is 5.32 Å². The van der Waals surface area contributed by atoms with Crippen molar-refractivity contribution in [2.45, 2.75) is 44.6 Å². The molecule has 0 aromatic heterocycles. The van der Waals surface area contributed by atoms with E-state index in [0.717, 1.165) is 0 Å². The fourth-order valence-electron chi connectivity index (χ4n) is 2.69. The Morgan fingerprint density at radius 3 is 2.43 bits per heavy atom. The zero-order valence-corrected chi connectivity index (χ0v) is 14.5. The Morgan fingerprint density at radius 2 is 1.91 bits per heavy atom. The number of aryl methyl sites for hydroxylation is 1. The molecule has 0 saturated carbocycles. The molecule has 0 bridgehead atoms. The van der Waals surface area contributed by atoms with E-state index in [-0.39, 0.29) is 22.8 Å². The third kappa shape index (κ3) is 4.09. The Bertz CT molecular complexity index is 681. The molecule has 0 unspecified atom stereocenters. The maximum absolute atomic E-state index is 13.3. The molecule has 1 heterocycles. The molecular formula is C16H23FN2O3S. The highest BCUT2D eigenvalue weighted by Crippen LogP contribution is 2.25. The SMILES string of the molecule is Cc1cc(S(=O)(=O)N2CCC(C(=O)NC(C)C)CC2)ccc1F. The average molecular weight is 342 g/mol. The van der Waals surface area contributed by atoms with E-state index in [1.807, 2.05) is 13.8 Å². The maximum atomic E-state index is 13.3. The Labute approximate surface area is 136 Å². The molecule has 1 aromatic rings. The molecule has 1 N–H and O–H groups in total.